The SMILES string of the molecule is Cc1ccc(-c2noc(CCC(=O)Nc3ccc(Cl)c([N+](=O)[O-])c3)n2)cc1. The van der Waals surface area contributed by atoms with E-state index in [1.807, 2.05) is 31.2 Å². The monoisotopic (exact) mass is 386 g/mol. The lowest BCUT2D eigenvalue weighted by atomic mass is 10.1. The van der Waals surface area contributed by atoms with E-state index in [-0.39, 0.29) is 29.5 Å². The fraction of sp³-hybridized carbons (Fsp3) is 0.167. The molecule has 0 spiro atoms. The average Bonchev–Trinajstić information content (AvgIpc) is 3.11. The van der Waals surface area contributed by atoms with E-state index >= 15 is 0 Å². The van der Waals surface area contributed by atoms with Gasteiger partial charge in [-0.2, -0.15) is 4.98 Å². The molecule has 0 fully saturated rings. The van der Waals surface area contributed by atoms with Crippen molar-refractivity contribution in [1.82, 2.24) is 10.1 Å². The topological polar surface area (TPSA) is 111 Å². The molecule has 0 saturated carbocycles. The summed E-state index contributed by atoms with van der Waals surface area (Å²) in [5.74, 6) is 0.461. The van der Waals surface area contributed by atoms with E-state index in [4.69, 9.17) is 16.1 Å². The maximum Gasteiger partial charge on any atom is 0.289 e. The molecule has 3 rings (SSSR count). The molecule has 1 aromatic heterocycles. The average molecular weight is 387 g/mol. The first-order valence-corrected chi connectivity index (χ1v) is 8.43. The Balaban J connectivity index is 1.59. The number of hydrogen-bond acceptors (Lipinski definition) is 6. The van der Waals surface area contributed by atoms with Crippen molar-refractivity contribution in [3.05, 3.63) is 69.1 Å². The van der Waals surface area contributed by atoms with Crippen LogP contribution in [-0.4, -0.2) is 21.0 Å². The summed E-state index contributed by atoms with van der Waals surface area (Å²) < 4.78 is 5.17. The quantitative estimate of drug-likeness (QED) is 0.502. The highest BCUT2D eigenvalue weighted by Gasteiger charge is 2.15. The van der Waals surface area contributed by atoms with Crippen LogP contribution < -0.4 is 5.32 Å². The molecule has 0 aliphatic heterocycles. The number of halogens is 1. The zero-order chi connectivity index (χ0) is 19.4. The zero-order valence-corrected chi connectivity index (χ0v) is 15.1. The van der Waals surface area contributed by atoms with E-state index in [1.54, 1.807) is 0 Å². The summed E-state index contributed by atoms with van der Waals surface area (Å²) in [5.41, 5.74) is 1.98. The molecular formula is C18H15ClN4O4. The van der Waals surface area contributed by atoms with Crippen LogP contribution in [0.25, 0.3) is 11.4 Å². The lowest BCUT2D eigenvalue weighted by Crippen LogP contribution is -2.12. The fourth-order valence-electron chi connectivity index (χ4n) is 2.35. The number of amides is 1. The Bertz CT molecular complexity index is 985. The van der Waals surface area contributed by atoms with Gasteiger partial charge in [0.25, 0.3) is 5.69 Å². The van der Waals surface area contributed by atoms with Gasteiger partial charge in [0, 0.05) is 30.2 Å². The lowest BCUT2D eigenvalue weighted by Gasteiger charge is -2.04. The molecule has 1 N–H and O–H groups in total. The summed E-state index contributed by atoms with van der Waals surface area (Å²) in [5, 5.41) is 17.4. The van der Waals surface area contributed by atoms with Crippen molar-refractivity contribution < 1.29 is 14.2 Å². The third kappa shape index (κ3) is 4.68. The Hall–Kier alpha value is -3.26. The molecule has 0 aliphatic rings. The molecule has 1 heterocycles. The van der Waals surface area contributed by atoms with E-state index in [2.05, 4.69) is 15.5 Å². The molecule has 0 aliphatic carbocycles. The van der Waals surface area contributed by atoms with Gasteiger partial charge in [0.2, 0.25) is 17.6 Å². The summed E-state index contributed by atoms with van der Waals surface area (Å²) in [4.78, 5) is 26.6. The van der Waals surface area contributed by atoms with Gasteiger partial charge in [-0.3, -0.25) is 14.9 Å². The molecule has 0 bridgehead atoms. The van der Waals surface area contributed by atoms with Gasteiger partial charge in [0.05, 0.1) is 4.92 Å². The molecule has 0 saturated heterocycles. The van der Waals surface area contributed by atoms with Gasteiger partial charge >= 0.3 is 0 Å². The van der Waals surface area contributed by atoms with Crippen LogP contribution in [0.1, 0.15) is 17.9 Å². The van der Waals surface area contributed by atoms with Crippen molar-refractivity contribution in [2.75, 3.05) is 5.32 Å². The Morgan fingerprint density at radius 1 is 1.26 bits per heavy atom. The number of benzene rings is 2. The number of hydrogen-bond donors (Lipinski definition) is 1. The number of aryl methyl sites for hydroxylation is 2. The van der Waals surface area contributed by atoms with Gasteiger partial charge in [-0.15, -0.1) is 0 Å². The summed E-state index contributed by atoms with van der Waals surface area (Å²) >= 11 is 5.75. The maximum atomic E-state index is 12.1. The van der Waals surface area contributed by atoms with Crippen LogP contribution in [0.4, 0.5) is 11.4 Å². The molecule has 1 amide bonds. The number of nitrogens with zero attached hydrogens (tertiary/aromatic N) is 3. The van der Waals surface area contributed by atoms with Gasteiger partial charge in [-0.25, -0.2) is 0 Å². The minimum absolute atomic E-state index is 0.00694. The van der Waals surface area contributed by atoms with Crippen LogP contribution in [0.2, 0.25) is 5.02 Å². The van der Waals surface area contributed by atoms with Gasteiger partial charge in [-0.05, 0) is 19.1 Å². The van der Waals surface area contributed by atoms with Crippen LogP contribution in [-0.2, 0) is 11.2 Å². The van der Waals surface area contributed by atoms with Crippen LogP contribution in [0.5, 0.6) is 0 Å². The molecule has 27 heavy (non-hydrogen) atoms. The Morgan fingerprint density at radius 3 is 2.70 bits per heavy atom. The zero-order valence-electron chi connectivity index (χ0n) is 14.3. The maximum absolute atomic E-state index is 12.1. The van der Waals surface area contributed by atoms with Gasteiger partial charge in [-0.1, -0.05) is 46.6 Å². The van der Waals surface area contributed by atoms with Crippen LogP contribution in [0.3, 0.4) is 0 Å². The number of nitrogens with one attached hydrogen (secondary N) is 1. The number of aromatic nitrogens is 2. The fourth-order valence-corrected chi connectivity index (χ4v) is 2.54. The first-order chi connectivity index (χ1) is 12.9. The number of rotatable bonds is 6. The summed E-state index contributed by atoms with van der Waals surface area (Å²) in [6.07, 6.45) is 0.340. The van der Waals surface area contributed by atoms with Crippen molar-refractivity contribution in [2.24, 2.45) is 0 Å². The van der Waals surface area contributed by atoms with E-state index in [0.717, 1.165) is 11.1 Å². The second-order valence-corrected chi connectivity index (χ2v) is 6.26. The van der Waals surface area contributed by atoms with E-state index in [1.165, 1.54) is 18.2 Å². The van der Waals surface area contributed by atoms with E-state index in [9.17, 15) is 14.9 Å². The molecule has 0 radical (unpaired) electrons. The molecule has 9 heteroatoms. The number of carbonyl (C=O) groups excluding carboxylic acids is 1. The molecule has 8 nitrogen and oxygen atoms in total. The van der Waals surface area contributed by atoms with Gasteiger partial charge < -0.3 is 9.84 Å². The molecule has 138 valence electrons. The first kappa shape index (κ1) is 18.5. The largest absolute Gasteiger partial charge is 0.339 e. The second kappa shape index (κ2) is 7.96. The van der Waals surface area contributed by atoms with Crippen LogP contribution >= 0.6 is 11.6 Å². The lowest BCUT2D eigenvalue weighted by molar-refractivity contribution is -0.384. The highest BCUT2D eigenvalue weighted by Crippen LogP contribution is 2.27. The predicted octanol–water partition coefficient (Wildman–Crippen LogP) is 4.18. The highest BCUT2D eigenvalue weighted by atomic mass is 35.5. The van der Waals surface area contributed by atoms with Crippen LogP contribution in [0.15, 0.2) is 47.0 Å². The van der Waals surface area contributed by atoms with E-state index in [0.29, 0.717) is 17.4 Å². The Kier molecular flexibility index (Phi) is 5.46. The third-order valence-electron chi connectivity index (χ3n) is 3.77. The molecule has 0 atom stereocenters. The van der Waals surface area contributed by atoms with E-state index < -0.39 is 4.92 Å². The summed E-state index contributed by atoms with van der Waals surface area (Å²) in [7, 11) is 0. The van der Waals surface area contributed by atoms with Gasteiger partial charge in [0.1, 0.15) is 5.02 Å². The minimum atomic E-state index is -0.608. The summed E-state index contributed by atoms with van der Waals surface area (Å²) in [6, 6.07) is 11.8. The predicted molar refractivity (Wildman–Crippen MR) is 99.5 cm³/mol. The Labute approximate surface area is 159 Å². The minimum Gasteiger partial charge on any atom is -0.339 e. The highest BCUT2D eigenvalue weighted by molar-refractivity contribution is 6.32. The number of carbonyl (C=O) groups is 1. The molecule has 3 aromatic rings. The van der Waals surface area contributed by atoms with Crippen molar-refractivity contribution in [3.63, 3.8) is 0 Å². The Morgan fingerprint density at radius 2 is 2.00 bits per heavy atom. The number of anilines is 1. The standard InChI is InChI=1S/C18H15ClN4O4/c1-11-2-4-12(5-3-11)18-21-17(27-22-18)9-8-16(24)20-13-6-7-14(19)15(10-13)23(25)26/h2-7,10H,8-9H2,1H3,(H,20,24). The van der Waals surface area contributed by atoms with Crippen molar-refractivity contribution in [1.29, 1.82) is 0 Å². The second-order valence-electron chi connectivity index (χ2n) is 5.85. The first-order valence-electron chi connectivity index (χ1n) is 8.06. The van der Waals surface area contributed by atoms with Crippen molar-refractivity contribution >= 4 is 28.9 Å². The molecule has 0 unspecified atom stereocenters. The molecular weight excluding hydrogens is 372 g/mol. The van der Waals surface area contributed by atoms with Crippen molar-refractivity contribution in [2.45, 2.75) is 19.8 Å². The number of nitro benzene ring substituents is 1. The van der Waals surface area contributed by atoms with Crippen molar-refractivity contribution in [3.8, 4) is 11.4 Å². The third-order valence-corrected chi connectivity index (χ3v) is 4.09. The normalized spacial score (nSPS) is 10.6. The van der Waals surface area contributed by atoms with Gasteiger partial charge in [0.15, 0.2) is 0 Å². The summed E-state index contributed by atoms with van der Waals surface area (Å²) in [6.45, 7) is 1.99. The van der Waals surface area contributed by atoms with Crippen LogP contribution in [0, 0.1) is 17.0 Å². The number of nitro groups is 1. The smallest absolute Gasteiger partial charge is 0.289 e. The molecule has 2 aromatic carbocycles.